The molecule has 144 valence electrons. The third kappa shape index (κ3) is 4.48. The van der Waals surface area contributed by atoms with Crippen LogP contribution in [0.25, 0.3) is 0 Å². The molecule has 1 heterocycles. The molecule has 1 saturated heterocycles. The molecular weight excluding hydrogens is 376 g/mol. The zero-order valence-electron chi connectivity index (χ0n) is 15.6. The molecule has 0 radical (unpaired) electrons. The van der Waals surface area contributed by atoms with Crippen LogP contribution in [-0.2, 0) is 9.59 Å². The topological polar surface area (TPSA) is 83.6 Å². The fraction of sp³-hybridized carbons (Fsp3) is 0.238. The number of Topliss-reactive ketones (excluding diaryl/α,β-unsaturated/α-hetero) is 1. The summed E-state index contributed by atoms with van der Waals surface area (Å²) in [5.41, 5.74) is 3.04. The van der Waals surface area contributed by atoms with Gasteiger partial charge in [-0.3, -0.25) is 24.1 Å². The summed E-state index contributed by atoms with van der Waals surface area (Å²) in [7, 11) is 0. The smallest absolute Gasteiger partial charge is 0.289 e. The highest BCUT2D eigenvalue weighted by molar-refractivity contribution is 8.15. The van der Waals surface area contributed by atoms with Crippen LogP contribution in [-0.4, -0.2) is 39.5 Å². The summed E-state index contributed by atoms with van der Waals surface area (Å²) < 4.78 is 0. The Morgan fingerprint density at radius 2 is 1.79 bits per heavy atom. The van der Waals surface area contributed by atoms with Crippen LogP contribution in [0.3, 0.4) is 0 Å². The number of carbonyl (C=O) groups is 4. The SMILES string of the molecule is Cc1ccc(C)c(NC(=O)C[C@H]2SC(=O)N(CC(=O)c3ccccc3)C2=O)c1. The van der Waals surface area contributed by atoms with Crippen LogP contribution >= 0.6 is 11.8 Å². The standard InChI is InChI=1S/C21H20N2O4S/c1-13-8-9-14(2)16(10-13)22-19(25)11-18-20(26)23(21(27)28-18)12-17(24)15-6-4-3-5-7-15/h3-10,18H,11-12H2,1-2H3,(H,22,25)/t18-/m1/s1. The molecule has 1 atom stereocenters. The number of carbonyl (C=O) groups excluding carboxylic acids is 4. The average molecular weight is 396 g/mol. The quantitative estimate of drug-likeness (QED) is 0.755. The van der Waals surface area contributed by atoms with Crippen molar-refractivity contribution in [3.8, 4) is 0 Å². The Bertz CT molecular complexity index is 943. The number of hydrogen-bond acceptors (Lipinski definition) is 5. The van der Waals surface area contributed by atoms with Gasteiger partial charge >= 0.3 is 0 Å². The van der Waals surface area contributed by atoms with Gasteiger partial charge in [0.1, 0.15) is 5.25 Å². The van der Waals surface area contributed by atoms with Crippen molar-refractivity contribution >= 4 is 40.3 Å². The molecule has 1 aliphatic heterocycles. The molecule has 1 N–H and O–H groups in total. The van der Waals surface area contributed by atoms with E-state index in [0.717, 1.165) is 27.8 Å². The number of amides is 3. The van der Waals surface area contributed by atoms with Gasteiger partial charge in [0, 0.05) is 17.7 Å². The molecule has 0 bridgehead atoms. The number of rotatable bonds is 6. The van der Waals surface area contributed by atoms with E-state index < -0.39 is 16.4 Å². The number of nitrogens with one attached hydrogen (secondary N) is 1. The summed E-state index contributed by atoms with van der Waals surface area (Å²) in [5, 5.41) is 1.47. The van der Waals surface area contributed by atoms with Crippen molar-refractivity contribution in [3.63, 3.8) is 0 Å². The van der Waals surface area contributed by atoms with Crippen LogP contribution in [0.5, 0.6) is 0 Å². The van der Waals surface area contributed by atoms with Gasteiger partial charge in [-0.2, -0.15) is 0 Å². The Balaban J connectivity index is 1.62. The molecule has 2 aromatic rings. The van der Waals surface area contributed by atoms with E-state index in [9.17, 15) is 19.2 Å². The molecule has 3 rings (SSSR count). The number of benzene rings is 2. The Hall–Kier alpha value is -2.93. The Kier molecular flexibility index (Phi) is 5.94. The second-order valence-corrected chi connectivity index (χ2v) is 7.81. The second kappa shape index (κ2) is 8.39. The van der Waals surface area contributed by atoms with E-state index in [-0.39, 0.29) is 24.7 Å². The van der Waals surface area contributed by atoms with Crippen LogP contribution in [0.2, 0.25) is 0 Å². The van der Waals surface area contributed by atoms with Crippen molar-refractivity contribution in [3.05, 3.63) is 65.2 Å². The van der Waals surface area contributed by atoms with Gasteiger partial charge in [-0.15, -0.1) is 0 Å². The molecule has 3 amide bonds. The fourth-order valence-electron chi connectivity index (χ4n) is 2.87. The van der Waals surface area contributed by atoms with Crippen molar-refractivity contribution < 1.29 is 19.2 Å². The maximum atomic E-state index is 12.5. The van der Waals surface area contributed by atoms with Gasteiger partial charge in [-0.05, 0) is 31.0 Å². The molecule has 0 spiro atoms. The van der Waals surface area contributed by atoms with Crippen LogP contribution in [0.15, 0.2) is 48.5 Å². The van der Waals surface area contributed by atoms with Crippen LogP contribution in [0.4, 0.5) is 10.5 Å². The first-order valence-electron chi connectivity index (χ1n) is 8.82. The zero-order chi connectivity index (χ0) is 20.3. The van der Waals surface area contributed by atoms with Crippen molar-refractivity contribution in [1.82, 2.24) is 4.90 Å². The van der Waals surface area contributed by atoms with Crippen molar-refractivity contribution in [2.45, 2.75) is 25.5 Å². The Morgan fingerprint density at radius 1 is 1.07 bits per heavy atom. The lowest BCUT2D eigenvalue weighted by atomic mass is 10.1. The Morgan fingerprint density at radius 3 is 2.50 bits per heavy atom. The number of anilines is 1. The summed E-state index contributed by atoms with van der Waals surface area (Å²) in [4.78, 5) is 50.3. The largest absolute Gasteiger partial charge is 0.326 e. The fourth-order valence-corrected chi connectivity index (χ4v) is 3.86. The summed E-state index contributed by atoms with van der Waals surface area (Å²) in [5.74, 6) is -1.16. The molecule has 6 nitrogen and oxygen atoms in total. The van der Waals surface area contributed by atoms with E-state index in [4.69, 9.17) is 0 Å². The lowest BCUT2D eigenvalue weighted by Crippen LogP contribution is -2.36. The van der Waals surface area contributed by atoms with Gasteiger partial charge in [0.05, 0.1) is 6.54 Å². The van der Waals surface area contributed by atoms with Crippen LogP contribution in [0.1, 0.15) is 27.9 Å². The van der Waals surface area contributed by atoms with Crippen molar-refractivity contribution in [2.24, 2.45) is 0 Å². The number of nitrogens with zero attached hydrogens (tertiary/aromatic N) is 1. The number of ketones is 1. The minimum absolute atomic E-state index is 0.126. The van der Waals surface area contributed by atoms with Crippen molar-refractivity contribution in [1.29, 1.82) is 0 Å². The van der Waals surface area contributed by atoms with E-state index in [0.29, 0.717) is 11.3 Å². The highest BCUT2D eigenvalue weighted by atomic mass is 32.2. The molecular formula is C21H20N2O4S. The molecule has 1 fully saturated rings. The molecule has 2 aromatic carbocycles. The molecule has 28 heavy (non-hydrogen) atoms. The monoisotopic (exact) mass is 396 g/mol. The van der Waals surface area contributed by atoms with Crippen molar-refractivity contribution in [2.75, 3.05) is 11.9 Å². The molecule has 7 heteroatoms. The third-order valence-corrected chi connectivity index (χ3v) is 5.52. The lowest BCUT2D eigenvalue weighted by molar-refractivity contribution is -0.128. The van der Waals surface area contributed by atoms with E-state index >= 15 is 0 Å². The first kappa shape index (κ1) is 19.8. The van der Waals surface area contributed by atoms with Crippen LogP contribution in [0, 0.1) is 13.8 Å². The predicted molar refractivity (Wildman–Crippen MR) is 108 cm³/mol. The zero-order valence-corrected chi connectivity index (χ0v) is 16.4. The summed E-state index contributed by atoms with van der Waals surface area (Å²) in [6.07, 6.45) is -0.126. The van der Waals surface area contributed by atoms with E-state index in [1.807, 2.05) is 32.0 Å². The molecule has 0 aromatic heterocycles. The molecule has 0 saturated carbocycles. The minimum atomic E-state index is -0.818. The first-order valence-corrected chi connectivity index (χ1v) is 9.70. The normalized spacial score (nSPS) is 16.4. The van der Waals surface area contributed by atoms with Crippen LogP contribution < -0.4 is 5.32 Å². The molecule has 1 aliphatic rings. The predicted octanol–water partition coefficient (Wildman–Crippen LogP) is 3.58. The summed E-state index contributed by atoms with van der Waals surface area (Å²) in [6.45, 7) is 3.49. The third-order valence-electron chi connectivity index (χ3n) is 4.44. The van der Waals surface area contributed by atoms with Gasteiger partial charge in [0.2, 0.25) is 11.8 Å². The van der Waals surface area contributed by atoms with Gasteiger partial charge < -0.3 is 5.32 Å². The maximum Gasteiger partial charge on any atom is 0.289 e. The number of thioether (sulfide) groups is 1. The maximum absolute atomic E-state index is 12.5. The van der Waals surface area contributed by atoms with Gasteiger partial charge in [0.25, 0.3) is 5.24 Å². The Labute approximate surface area is 167 Å². The van der Waals surface area contributed by atoms with E-state index in [2.05, 4.69) is 5.32 Å². The summed E-state index contributed by atoms with van der Waals surface area (Å²) in [6, 6.07) is 14.2. The van der Waals surface area contributed by atoms with E-state index in [1.165, 1.54) is 0 Å². The first-order chi connectivity index (χ1) is 13.3. The second-order valence-electron chi connectivity index (χ2n) is 6.66. The average Bonchev–Trinajstić information content (AvgIpc) is 2.92. The molecule has 0 unspecified atom stereocenters. The van der Waals surface area contributed by atoms with Gasteiger partial charge in [-0.1, -0.05) is 54.2 Å². The number of aryl methyl sites for hydroxylation is 2. The summed E-state index contributed by atoms with van der Waals surface area (Å²) >= 11 is 0.790. The highest BCUT2D eigenvalue weighted by Gasteiger charge is 2.41. The van der Waals surface area contributed by atoms with Gasteiger partial charge in [-0.25, -0.2) is 0 Å². The minimum Gasteiger partial charge on any atom is -0.326 e. The highest BCUT2D eigenvalue weighted by Crippen LogP contribution is 2.30. The van der Waals surface area contributed by atoms with Gasteiger partial charge in [0.15, 0.2) is 5.78 Å². The number of imide groups is 1. The lowest BCUT2D eigenvalue weighted by Gasteiger charge is -2.13. The number of hydrogen-bond donors (Lipinski definition) is 1. The van der Waals surface area contributed by atoms with E-state index in [1.54, 1.807) is 30.3 Å². The molecule has 0 aliphatic carbocycles.